The number of aryl methyl sites for hydroxylation is 1. The van der Waals surface area contributed by atoms with E-state index < -0.39 is 0 Å². The molecule has 0 saturated heterocycles. The predicted octanol–water partition coefficient (Wildman–Crippen LogP) is 3.49. The van der Waals surface area contributed by atoms with E-state index in [1.807, 2.05) is 30.3 Å². The Morgan fingerprint density at radius 1 is 1.11 bits per heavy atom. The highest BCUT2D eigenvalue weighted by Crippen LogP contribution is 2.31. The van der Waals surface area contributed by atoms with Crippen LogP contribution in [-0.2, 0) is 11.2 Å². The summed E-state index contributed by atoms with van der Waals surface area (Å²) in [5.41, 5.74) is 4.34. The fourth-order valence-corrected chi connectivity index (χ4v) is 2.80. The normalized spacial score (nSPS) is 17.7. The van der Waals surface area contributed by atoms with Gasteiger partial charge in [-0.05, 0) is 36.1 Å². The fourth-order valence-electron chi connectivity index (χ4n) is 2.80. The Labute approximate surface area is 113 Å². The van der Waals surface area contributed by atoms with Gasteiger partial charge in [-0.1, -0.05) is 42.5 Å². The zero-order chi connectivity index (χ0) is 13.2. The molecule has 0 N–H and O–H groups in total. The molecule has 0 aliphatic carbocycles. The van der Waals surface area contributed by atoms with Crippen LogP contribution in [0.4, 0.5) is 0 Å². The number of fused-ring (bicyclic) bond motifs is 1. The third kappa shape index (κ3) is 2.26. The molecule has 1 heterocycles. The van der Waals surface area contributed by atoms with E-state index >= 15 is 0 Å². The lowest BCUT2D eigenvalue weighted by atomic mass is 9.85. The lowest BCUT2D eigenvalue weighted by Crippen LogP contribution is -2.24. The van der Waals surface area contributed by atoms with E-state index in [2.05, 4.69) is 25.1 Å². The van der Waals surface area contributed by atoms with Gasteiger partial charge in [-0.15, -0.1) is 0 Å². The second kappa shape index (κ2) is 4.88. The van der Waals surface area contributed by atoms with Gasteiger partial charge in [0.15, 0.2) is 0 Å². The smallest absolute Gasteiger partial charge is 0.338 e. The third-order valence-corrected chi connectivity index (χ3v) is 3.69. The van der Waals surface area contributed by atoms with E-state index in [0.717, 1.165) is 17.5 Å². The summed E-state index contributed by atoms with van der Waals surface area (Å²) in [6.07, 6.45) is 0.909. The van der Waals surface area contributed by atoms with Crippen LogP contribution in [0.3, 0.4) is 0 Å². The number of ether oxygens (including phenoxy) is 1. The quantitative estimate of drug-likeness (QED) is 0.765. The van der Waals surface area contributed by atoms with Crippen LogP contribution in [0, 0.1) is 6.92 Å². The summed E-state index contributed by atoms with van der Waals surface area (Å²) in [5.74, 6) is 0.0688. The number of rotatable bonds is 2. The van der Waals surface area contributed by atoms with Crippen molar-refractivity contribution < 1.29 is 9.53 Å². The first-order valence-electron chi connectivity index (χ1n) is 6.56. The van der Waals surface area contributed by atoms with Gasteiger partial charge in [0.2, 0.25) is 0 Å². The van der Waals surface area contributed by atoms with Crippen molar-refractivity contribution in [2.45, 2.75) is 19.3 Å². The van der Waals surface area contributed by atoms with Crippen molar-refractivity contribution in [3.63, 3.8) is 0 Å². The van der Waals surface area contributed by atoms with Crippen molar-refractivity contribution in [1.29, 1.82) is 0 Å². The van der Waals surface area contributed by atoms with Gasteiger partial charge < -0.3 is 4.74 Å². The first kappa shape index (κ1) is 12.0. The molecule has 1 atom stereocenters. The molecule has 0 saturated carbocycles. The van der Waals surface area contributed by atoms with Crippen molar-refractivity contribution in [2.75, 3.05) is 6.61 Å². The van der Waals surface area contributed by atoms with Crippen molar-refractivity contribution in [1.82, 2.24) is 0 Å². The number of hydrogen-bond donors (Lipinski definition) is 0. The number of esters is 1. The average Bonchev–Trinajstić information content (AvgIpc) is 2.43. The van der Waals surface area contributed by atoms with Gasteiger partial charge in [0.05, 0.1) is 12.2 Å². The number of benzene rings is 2. The maximum atomic E-state index is 11.8. The average molecular weight is 252 g/mol. The molecule has 19 heavy (non-hydrogen) atoms. The molecule has 2 heteroatoms. The molecule has 1 unspecified atom stereocenters. The summed E-state index contributed by atoms with van der Waals surface area (Å²) in [5, 5.41) is 0. The molecular formula is C17H16O2. The van der Waals surface area contributed by atoms with Gasteiger partial charge in [0, 0.05) is 5.92 Å². The summed E-state index contributed by atoms with van der Waals surface area (Å²) in [6.45, 7) is 2.54. The van der Waals surface area contributed by atoms with E-state index in [1.54, 1.807) is 0 Å². The predicted molar refractivity (Wildman–Crippen MR) is 74.3 cm³/mol. The zero-order valence-electron chi connectivity index (χ0n) is 10.9. The van der Waals surface area contributed by atoms with Crippen molar-refractivity contribution in [3.8, 4) is 0 Å². The fraction of sp³-hybridized carbons (Fsp3) is 0.235. The Balaban J connectivity index is 1.97. The summed E-state index contributed by atoms with van der Waals surface area (Å²) < 4.78 is 5.31. The summed E-state index contributed by atoms with van der Waals surface area (Å²) >= 11 is 0. The van der Waals surface area contributed by atoms with Crippen LogP contribution in [0.5, 0.6) is 0 Å². The van der Waals surface area contributed by atoms with Crippen LogP contribution in [0.15, 0.2) is 48.5 Å². The Kier molecular flexibility index (Phi) is 3.08. The topological polar surface area (TPSA) is 26.3 Å². The number of carbonyl (C=O) groups is 1. The molecule has 3 rings (SSSR count). The minimum Gasteiger partial charge on any atom is -0.461 e. The molecule has 0 bridgehead atoms. The molecule has 96 valence electrons. The van der Waals surface area contributed by atoms with Crippen LogP contribution in [-0.4, -0.2) is 12.6 Å². The first-order chi connectivity index (χ1) is 9.25. The molecule has 2 aromatic rings. The van der Waals surface area contributed by atoms with Gasteiger partial charge in [-0.25, -0.2) is 4.79 Å². The summed E-state index contributed by atoms with van der Waals surface area (Å²) in [7, 11) is 0. The van der Waals surface area contributed by atoms with Gasteiger partial charge in [0.1, 0.15) is 0 Å². The second-order valence-electron chi connectivity index (χ2n) is 5.02. The van der Waals surface area contributed by atoms with Crippen LogP contribution >= 0.6 is 0 Å². The Morgan fingerprint density at radius 2 is 1.89 bits per heavy atom. The molecule has 1 aliphatic heterocycles. The molecular weight excluding hydrogens is 236 g/mol. The standard InChI is InChI=1S/C17H16O2/c1-12-6-5-9-15-16(12)14(11-19-17(15)18)10-13-7-3-2-4-8-13/h2-9,14H,10-11H2,1H3. The van der Waals surface area contributed by atoms with Gasteiger partial charge in [-0.3, -0.25) is 0 Å². The number of hydrogen-bond acceptors (Lipinski definition) is 2. The maximum absolute atomic E-state index is 11.8. The van der Waals surface area contributed by atoms with Crippen molar-refractivity contribution >= 4 is 5.97 Å². The summed E-state index contributed by atoms with van der Waals surface area (Å²) in [6, 6.07) is 16.2. The van der Waals surface area contributed by atoms with Crippen molar-refractivity contribution in [2.24, 2.45) is 0 Å². The highest BCUT2D eigenvalue weighted by atomic mass is 16.5. The number of carbonyl (C=O) groups excluding carboxylic acids is 1. The molecule has 0 spiro atoms. The van der Waals surface area contributed by atoms with Crippen LogP contribution in [0.25, 0.3) is 0 Å². The van der Waals surface area contributed by atoms with Crippen molar-refractivity contribution in [3.05, 3.63) is 70.8 Å². The molecule has 0 aromatic heterocycles. The Morgan fingerprint density at radius 3 is 2.68 bits per heavy atom. The zero-order valence-corrected chi connectivity index (χ0v) is 10.9. The Hall–Kier alpha value is -2.09. The van der Waals surface area contributed by atoms with Crippen LogP contribution in [0.1, 0.15) is 33.0 Å². The van der Waals surface area contributed by atoms with E-state index in [1.165, 1.54) is 11.1 Å². The van der Waals surface area contributed by atoms with Crippen LogP contribution < -0.4 is 0 Å². The lowest BCUT2D eigenvalue weighted by Gasteiger charge is -2.26. The largest absolute Gasteiger partial charge is 0.461 e. The summed E-state index contributed by atoms with van der Waals surface area (Å²) in [4.78, 5) is 11.8. The molecule has 0 fully saturated rings. The first-order valence-corrected chi connectivity index (χ1v) is 6.56. The molecule has 0 radical (unpaired) electrons. The van der Waals surface area contributed by atoms with Crippen LogP contribution in [0.2, 0.25) is 0 Å². The van der Waals surface area contributed by atoms with Gasteiger partial charge >= 0.3 is 5.97 Å². The molecule has 1 aliphatic rings. The molecule has 0 amide bonds. The van der Waals surface area contributed by atoms with E-state index in [-0.39, 0.29) is 11.9 Å². The molecule has 2 aromatic carbocycles. The molecule has 2 nitrogen and oxygen atoms in total. The van der Waals surface area contributed by atoms with E-state index in [9.17, 15) is 4.79 Å². The van der Waals surface area contributed by atoms with E-state index in [4.69, 9.17) is 4.74 Å². The highest BCUT2D eigenvalue weighted by molar-refractivity contribution is 5.92. The van der Waals surface area contributed by atoms with Gasteiger partial charge in [-0.2, -0.15) is 0 Å². The lowest BCUT2D eigenvalue weighted by molar-refractivity contribution is 0.0439. The second-order valence-corrected chi connectivity index (χ2v) is 5.02. The third-order valence-electron chi connectivity index (χ3n) is 3.69. The highest BCUT2D eigenvalue weighted by Gasteiger charge is 2.28. The minimum atomic E-state index is -0.192. The Bertz CT molecular complexity index is 602. The SMILES string of the molecule is Cc1cccc2c1C(Cc1ccccc1)COC2=O. The minimum absolute atomic E-state index is 0.192. The number of cyclic esters (lactones) is 1. The van der Waals surface area contributed by atoms with Gasteiger partial charge in [0.25, 0.3) is 0 Å². The monoisotopic (exact) mass is 252 g/mol. The maximum Gasteiger partial charge on any atom is 0.338 e. The van der Waals surface area contributed by atoms with E-state index in [0.29, 0.717) is 6.61 Å².